The van der Waals surface area contributed by atoms with Gasteiger partial charge in [0.05, 0.1) is 7.11 Å². The highest BCUT2D eigenvalue weighted by atomic mass is 19.4. The smallest absolute Gasteiger partial charge is 0.490 e. The number of carbonyl (C=O) groups is 2. The van der Waals surface area contributed by atoms with Crippen molar-refractivity contribution in [3.8, 4) is 16.9 Å². The van der Waals surface area contributed by atoms with Crippen LogP contribution in [0.1, 0.15) is 30.1 Å². The number of rotatable bonds is 5. The molecule has 1 aliphatic heterocycles. The van der Waals surface area contributed by atoms with Crippen LogP contribution in [0.3, 0.4) is 0 Å². The molecule has 1 aliphatic rings. The minimum atomic E-state index is -5.08. The van der Waals surface area contributed by atoms with Crippen molar-refractivity contribution in [2.75, 3.05) is 20.2 Å². The van der Waals surface area contributed by atoms with Crippen LogP contribution >= 0.6 is 0 Å². The van der Waals surface area contributed by atoms with E-state index in [1.165, 1.54) is 12.0 Å². The van der Waals surface area contributed by atoms with Crippen molar-refractivity contribution in [1.29, 1.82) is 0 Å². The van der Waals surface area contributed by atoms with Gasteiger partial charge < -0.3 is 14.9 Å². The summed E-state index contributed by atoms with van der Waals surface area (Å²) in [5.41, 5.74) is 4.45. The summed E-state index contributed by atoms with van der Waals surface area (Å²) in [6, 6.07) is 16.5. The van der Waals surface area contributed by atoms with E-state index in [-0.39, 0.29) is 0 Å². The maximum Gasteiger partial charge on any atom is 0.490 e. The van der Waals surface area contributed by atoms with Gasteiger partial charge in [0.1, 0.15) is 5.75 Å². The maximum absolute atomic E-state index is 10.6. The quantitative estimate of drug-likeness (QED) is 0.278. The Morgan fingerprint density at radius 3 is 2.05 bits per heavy atom. The van der Waals surface area contributed by atoms with Crippen LogP contribution in [0.2, 0.25) is 0 Å². The number of methoxy groups -OCH3 is 1. The van der Waals surface area contributed by atoms with Crippen molar-refractivity contribution in [1.82, 2.24) is 24.5 Å². The molecule has 2 N–H and O–H groups in total. The van der Waals surface area contributed by atoms with E-state index in [2.05, 4.69) is 34.3 Å². The third-order valence-corrected chi connectivity index (χ3v) is 6.28. The number of hydrogen-bond donors (Lipinski definition) is 2. The van der Waals surface area contributed by atoms with Gasteiger partial charge in [0.25, 0.3) is 0 Å². The molecule has 10 nitrogen and oxygen atoms in total. The zero-order valence-corrected chi connectivity index (χ0v) is 23.1. The predicted molar refractivity (Wildman–Crippen MR) is 144 cm³/mol. The lowest BCUT2D eigenvalue weighted by Crippen LogP contribution is -2.34. The number of hydrogen-bond acceptors (Lipinski definition) is 7. The minimum Gasteiger partial charge on any atom is -0.497 e. The monoisotopic (exact) mass is 627 g/mol. The van der Waals surface area contributed by atoms with Crippen molar-refractivity contribution in [3.63, 3.8) is 0 Å². The molecular formula is C28H27F6N5O5. The zero-order chi connectivity index (χ0) is 32.5. The van der Waals surface area contributed by atoms with E-state index in [9.17, 15) is 26.3 Å². The number of fused-ring (bicyclic) bond motifs is 1. The predicted octanol–water partition coefficient (Wildman–Crippen LogP) is 5.45. The summed E-state index contributed by atoms with van der Waals surface area (Å²) in [6.45, 7) is 3.04. The molecule has 1 unspecified atom stereocenters. The Bertz CT molecular complexity index is 1500. The fourth-order valence-corrected chi connectivity index (χ4v) is 4.19. The molecule has 4 heterocycles. The summed E-state index contributed by atoms with van der Waals surface area (Å²) >= 11 is 0. The lowest BCUT2D eigenvalue weighted by molar-refractivity contribution is -0.193. The van der Waals surface area contributed by atoms with Gasteiger partial charge in [-0.1, -0.05) is 12.1 Å². The Hall–Kier alpha value is -4.73. The van der Waals surface area contributed by atoms with Crippen molar-refractivity contribution in [3.05, 3.63) is 78.5 Å². The van der Waals surface area contributed by atoms with E-state index < -0.39 is 24.3 Å². The molecule has 0 bridgehead atoms. The van der Waals surface area contributed by atoms with Crippen molar-refractivity contribution in [2.24, 2.45) is 0 Å². The number of nitrogens with zero attached hydrogens (tertiary/aromatic N) is 5. The van der Waals surface area contributed by atoms with E-state index in [0.717, 1.165) is 54.4 Å². The molecule has 3 aromatic heterocycles. The Kier molecular flexibility index (Phi) is 11.2. The number of carboxylic acid groups (broad SMARTS) is 2. The standard InChI is InChI=1S/C24H25N5O.2C2HF3O2/c1-30-22-7-4-18(5-8-22)15-28-14-2-3-21(16-28)24-26-23-9-6-20(17-29(23)27-24)19-10-12-25-13-11-19;2*3-2(4,5)1(6)7/h4-13,17,21H,2-3,14-16H2,1H3;2*(H,6,7). The molecule has 0 aliphatic carbocycles. The number of aliphatic carboxylic acids is 2. The van der Waals surface area contributed by atoms with Gasteiger partial charge in [-0.2, -0.15) is 31.4 Å². The third-order valence-electron chi connectivity index (χ3n) is 6.28. The molecule has 1 atom stereocenters. The van der Waals surface area contributed by atoms with Gasteiger partial charge in [-0.3, -0.25) is 9.88 Å². The molecule has 5 rings (SSSR count). The Morgan fingerprint density at radius 1 is 0.909 bits per heavy atom. The number of alkyl halides is 6. The molecular weight excluding hydrogens is 600 g/mol. The van der Waals surface area contributed by atoms with Crippen LogP contribution in [0.25, 0.3) is 16.8 Å². The first-order valence-corrected chi connectivity index (χ1v) is 12.9. The molecule has 16 heteroatoms. The molecule has 1 fully saturated rings. The number of aromatic nitrogens is 4. The Balaban J connectivity index is 0.000000317. The zero-order valence-electron chi connectivity index (χ0n) is 23.1. The van der Waals surface area contributed by atoms with E-state index in [1.807, 2.05) is 47.2 Å². The molecule has 4 aromatic rings. The number of ether oxygens (including phenoxy) is 1. The molecule has 236 valence electrons. The maximum atomic E-state index is 10.6. The van der Waals surface area contributed by atoms with Crippen molar-refractivity contribution < 1.29 is 50.9 Å². The first kappa shape index (κ1) is 33.8. The largest absolute Gasteiger partial charge is 0.497 e. The minimum absolute atomic E-state index is 0.362. The topological polar surface area (TPSA) is 130 Å². The summed E-state index contributed by atoms with van der Waals surface area (Å²) in [7, 11) is 1.70. The number of likely N-dealkylation sites (tertiary alicyclic amines) is 1. The number of piperidine rings is 1. The van der Waals surface area contributed by atoms with Crippen LogP contribution in [0, 0.1) is 0 Å². The molecule has 0 saturated carbocycles. The second kappa shape index (κ2) is 14.6. The van der Waals surface area contributed by atoms with E-state index >= 15 is 0 Å². The van der Waals surface area contributed by atoms with E-state index in [0.29, 0.717) is 5.92 Å². The molecule has 1 saturated heterocycles. The second-order valence-corrected chi connectivity index (χ2v) is 9.45. The van der Waals surface area contributed by atoms with Gasteiger partial charge in [0.15, 0.2) is 11.5 Å². The van der Waals surface area contributed by atoms with Gasteiger partial charge in [0, 0.05) is 43.2 Å². The average Bonchev–Trinajstić information content (AvgIpc) is 3.42. The Labute approximate surface area is 246 Å². The lowest BCUT2D eigenvalue weighted by Gasteiger charge is -2.31. The third kappa shape index (κ3) is 9.93. The fourth-order valence-electron chi connectivity index (χ4n) is 4.19. The summed E-state index contributed by atoms with van der Waals surface area (Å²) in [5.74, 6) is -3.31. The number of benzene rings is 1. The number of pyridine rings is 2. The van der Waals surface area contributed by atoms with Crippen LogP contribution in [0.4, 0.5) is 26.3 Å². The van der Waals surface area contributed by atoms with Gasteiger partial charge in [0.2, 0.25) is 0 Å². The highest BCUT2D eigenvalue weighted by Crippen LogP contribution is 2.27. The molecule has 0 spiro atoms. The highest BCUT2D eigenvalue weighted by Gasteiger charge is 2.38. The van der Waals surface area contributed by atoms with Crippen LogP contribution in [0.15, 0.2) is 67.1 Å². The average molecular weight is 628 g/mol. The van der Waals surface area contributed by atoms with Gasteiger partial charge in [-0.25, -0.2) is 19.1 Å². The normalized spacial score (nSPS) is 15.4. The molecule has 44 heavy (non-hydrogen) atoms. The second-order valence-electron chi connectivity index (χ2n) is 9.45. The van der Waals surface area contributed by atoms with E-state index in [4.69, 9.17) is 34.6 Å². The SMILES string of the molecule is COc1ccc(CN2CCCC(c3nc4ccc(-c5ccncc5)cn4n3)C2)cc1.O=C(O)C(F)(F)F.O=C(O)C(F)(F)F. The van der Waals surface area contributed by atoms with Crippen LogP contribution < -0.4 is 4.74 Å². The number of halogens is 6. The summed E-state index contributed by atoms with van der Waals surface area (Å²) in [5, 5.41) is 19.1. The molecule has 0 amide bonds. The summed E-state index contributed by atoms with van der Waals surface area (Å²) < 4.78 is 70.6. The highest BCUT2D eigenvalue weighted by molar-refractivity contribution is 5.73. The molecule has 0 radical (unpaired) electrons. The first-order valence-electron chi connectivity index (χ1n) is 12.9. The van der Waals surface area contributed by atoms with Crippen LogP contribution in [0.5, 0.6) is 5.75 Å². The van der Waals surface area contributed by atoms with Crippen molar-refractivity contribution in [2.45, 2.75) is 37.7 Å². The van der Waals surface area contributed by atoms with Gasteiger partial charge in [-0.15, -0.1) is 0 Å². The lowest BCUT2D eigenvalue weighted by atomic mass is 9.97. The van der Waals surface area contributed by atoms with Crippen LogP contribution in [-0.4, -0.2) is 79.2 Å². The molecule has 1 aromatic carbocycles. The number of carboxylic acids is 2. The van der Waals surface area contributed by atoms with E-state index in [1.54, 1.807) is 7.11 Å². The van der Waals surface area contributed by atoms with Crippen molar-refractivity contribution >= 4 is 17.6 Å². The van der Waals surface area contributed by atoms with Gasteiger partial charge >= 0.3 is 24.3 Å². The fraction of sp³-hybridized carbons (Fsp3) is 0.321. The summed E-state index contributed by atoms with van der Waals surface area (Å²) in [4.78, 5) is 29.2. The first-order chi connectivity index (χ1) is 20.7. The van der Waals surface area contributed by atoms with Gasteiger partial charge in [-0.05, 0) is 66.9 Å². The summed E-state index contributed by atoms with van der Waals surface area (Å²) in [6.07, 6.45) is -2.19. The Morgan fingerprint density at radius 2 is 1.50 bits per heavy atom. The van der Waals surface area contributed by atoms with Crippen LogP contribution in [-0.2, 0) is 16.1 Å².